The molecule has 4 nitrogen and oxygen atoms in total. The number of carbonyl (C=O) groups excluding carboxylic acids is 1. The molecule has 0 saturated heterocycles. The Labute approximate surface area is 194 Å². The fraction of sp³-hybridized carbons (Fsp3) is 0.440. The second-order valence-electron chi connectivity index (χ2n) is 7.74. The fourth-order valence-electron chi connectivity index (χ4n) is 3.46. The summed E-state index contributed by atoms with van der Waals surface area (Å²) in [6, 6.07) is 14.7. The minimum atomic E-state index is 0.174. The van der Waals surface area contributed by atoms with E-state index in [1.165, 1.54) is 16.0 Å². The molecule has 3 aromatic rings. The van der Waals surface area contributed by atoms with Gasteiger partial charge in [-0.3, -0.25) is 9.69 Å². The third-order valence-corrected chi connectivity index (χ3v) is 7.75. The molecular formula is C25H33N3OS2. The number of carbonyl (C=O) groups is 1. The molecule has 0 radical (unpaired) electrons. The van der Waals surface area contributed by atoms with E-state index in [9.17, 15) is 4.79 Å². The number of nitrogens with zero attached hydrogens (tertiary/aromatic N) is 3. The third-order valence-electron chi connectivity index (χ3n) is 5.61. The van der Waals surface area contributed by atoms with Crippen LogP contribution in [-0.4, -0.2) is 47.7 Å². The SMILES string of the molecule is CCN(CC)CCN(C(=O)CCCSc1ccccc1)c1nc2cc(C)c(C)cc2s1. The van der Waals surface area contributed by atoms with Gasteiger partial charge in [-0.15, -0.1) is 11.8 Å². The standard InChI is InChI=1S/C25H33N3OS2/c1-5-27(6-2)14-15-28(24(29)13-10-16-30-21-11-8-7-9-12-21)25-26-22-17-19(3)20(4)18-23(22)31-25/h7-9,11-12,17-18H,5-6,10,13-16H2,1-4H3. The molecule has 3 rings (SSSR count). The Morgan fingerprint density at radius 3 is 2.45 bits per heavy atom. The van der Waals surface area contributed by atoms with Crippen LogP contribution < -0.4 is 4.90 Å². The molecule has 1 amide bonds. The molecule has 0 unspecified atom stereocenters. The maximum Gasteiger partial charge on any atom is 0.228 e. The molecule has 0 aliphatic heterocycles. The van der Waals surface area contributed by atoms with E-state index in [1.807, 2.05) is 22.7 Å². The Kier molecular flexibility index (Phi) is 8.93. The molecule has 0 atom stereocenters. The maximum absolute atomic E-state index is 13.2. The van der Waals surface area contributed by atoms with Gasteiger partial charge in [-0.05, 0) is 74.5 Å². The van der Waals surface area contributed by atoms with Crippen LogP contribution in [0.15, 0.2) is 47.4 Å². The first-order chi connectivity index (χ1) is 15.0. The number of aryl methyl sites for hydroxylation is 2. The van der Waals surface area contributed by atoms with Crippen molar-refractivity contribution in [1.29, 1.82) is 0 Å². The van der Waals surface area contributed by atoms with Gasteiger partial charge in [-0.1, -0.05) is 43.4 Å². The molecule has 1 heterocycles. The zero-order chi connectivity index (χ0) is 22.2. The van der Waals surface area contributed by atoms with Gasteiger partial charge in [-0.2, -0.15) is 0 Å². The van der Waals surface area contributed by atoms with Crippen molar-refractivity contribution in [3.05, 3.63) is 53.6 Å². The van der Waals surface area contributed by atoms with Crippen LogP contribution in [-0.2, 0) is 4.79 Å². The molecule has 0 aliphatic rings. The Hall–Kier alpha value is -1.89. The van der Waals surface area contributed by atoms with E-state index in [2.05, 4.69) is 69.0 Å². The van der Waals surface area contributed by atoms with Crippen LogP contribution in [0.25, 0.3) is 10.2 Å². The fourth-order valence-corrected chi connectivity index (χ4v) is 5.42. The Balaban J connectivity index is 1.70. The topological polar surface area (TPSA) is 36.4 Å². The molecule has 0 bridgehead atoms. The van der Waals surface area contributed by atoms with Crippen LogP contribution in [0.2, 0.25) is 0 Å². The number of thioether (sulfide) groups is 1. The number of aromatic nitrogens is 1. The maximum atomic E-state index is 13.2. The Bertz CT molecular complexity index is 944. The van der Waals surface area contributed by atoms with Gasteiger partial charge in [0.25, 0.3) is 0 Å². The van der Waals surface area contributed by atoms with Gasteiger partial charge in [0.2, 0.25) is 5.91 Å². The molecule has 1 aromatic heterocycles. The summed E-state index contributed by atoms with van der Waals surface area (Å²) >= 11 is 3.44. The van der Waals surface area contributed by atoms with Gasteiger partial charge in [0.15, 0.2) is 5.13 Å². The van der Waals surface area contributed by atoms with Crippen molar-refractivity contribution in [2.45, 2.75) is 45.4 Å². The zero-order valence-electron chi connectivity index (χ0n) is 19.1. The molecule has 0 aliphatic carbocycles. The second-order valence-corrected chi connectivity index (χ2v) is 9.92. The van der Waals surface area contributed by atoms with Gasteiger partial charge in [-0.25, -0.2) is 4.98 Å². The average Bonchev–Trinajstić information content (AvgIpc) is 3.17. The van der Waals surface area contributed by atoms with E-state index in [0.29, 0.717) is 13.0 Å². The summed E-state index contributed by atoms with van der Waals surface area (Å²) in [6.45, 7) is 12.1. The summed E-state index contributed by atoms with van der Waals surface area (Å²) in [6.07, 6.45) is 1.41. The highest BCUT2D eigenvalue weighted by atomic mass is 32.2. The number of fused-ring (bicyclic) bond motifs is 1. The molecule has 2 aromatic carbocycles. The number of hydrogen-bond acceptors (Lipinski definition) is 5. The minimum Gasteiger partial charge on any atom is -0.302 e. The second kappa shape index (κ2) is 11.7. The van der Waals surface area contributed by atoms with Gasteiger partial charge in [0.05, 0.1) is 10.2 Å². The van der Waals surface area contributed by atoms with Crippen LogP contribution in [0, 0.1) is 13.8 Å². The Morgan fingerprint density at radius 1 is 1.03 bits per heavy atom. The van der Waals surface area contributed by atoms with Crippen LogP contribution in [0.4, 0.5) is 5.13 Å². The van der Waals surface area contributed by atoms with Crippen molar-refractivity contribution in [3.8, 4) is 0 Å². The van der Waals surface area contributed by atoms with Gasteiger partial charge in [0, 0.05) is 24.4 Å². The summed E-state index contributed by atoms with van der Waals surface area (Å²) in [5, 5.41) is 0.827. The summed E-state index contributed by atoms with van der Waals surface area (Å²) < 4.78 is 1.15. The molecule has 31 heavy (non-hydrogen) atoms. The molecule has 0 fully saturated rings. The van der Waals surface area contributed by atoms with E-state index < -0.39 is 0 Å². The molecule has 0 saturated carbocycles. The van der Waals surface area contributed by atoms with Crippen LogP contribution in [0.3, 0.4) is 0 Å². The van der Waals surface area contributed by atoms with E-state index >= 15 is 0 Å². The van der Waals surface area contributed by atoms with Crippen molar-refractivity contribution in [1.82, 2.24) is 9.88 Å². The van der Waals surface area contributed by atoms with E-state index in [-0.39, 0.29) is 5.91 Å². The van der Waals surface area contributed by atoms with Crippen LogP contribution >= 0.6 is 23.1 Å². The van der Waals surface area contributed by atoms with E-state index in [0.717, 1.165) is 47.2 Å². The summed E-state index contributed by atoms with van der Waals surface area (Å²) in [5.74, 6) is 1.12. The minimum absolute atomic E-state index is 0.174. The summed E-state index contributed by atoms with van der Waals surface area (Å²) in [4.78, 5) is 23.6. The first-order valence-corrected chi connectivity index (χ1v) is 12.9. The van der Waals surface area contributed by atoms with Crippen molar-refractivity contribution in [2.75, 3.05) is 36.8 Å². The monoisotopic (exact) mass is 455 g/mol. The lowest BCUT2D eigenvalue weighted by molar-refractivity contribution is -0.118. The lowest BCUT2D eigenvalue weighted by Gasteiger charge is -2.24. The first kappa shape index (κ1) is 23.8. The molecule has 0 N–H and O–H groups in total. The first-order valence-electron chi connectivity index (χ1n) is 11.1. The summed E-state index contributed by atoms with van der Waals surface area (Å²) in [7, 11) is 0. The normalized spacial score (nSPS) is 11.4. The average molecular weight is 456 g/mol. The van der Waals surface area contributed by atoms with Crippen LogP contribution in [0.1, 0.15) is 37.8 Å². The van der Waals surface area contributed by atoms with Gasteiger partial charge in [0.1, 0.15) is 0 Å². The number of thiazole rings is 1. The van der Waals surface area contributed by atoms with Crippen molar-refractivity contribution < 1.29 is 4.79 Å². The number of hydrogen-bond donors (Lipinski definition) is 0. The lowest BCUT2D eigenvalue weighted by atomic mass is 10.1. The Morgan fingerprint density at radius 2 is 1.74 bits per heavy atom. The number of rotatable bonds is 11. The van der Waals surface area contributed by atoms with Crippen LogP contribution in [0.5, 0.6) is 0 Å². The third kappa shape index (κ3) is 6.55. The number of likely N-dealkylation sites (N-methyl/N-ethyl adjacent to an activating group) is 1. The van der Waals surface area contributed by atoms with Gasteiger partial charge < -0.3 is 4.90 Å². The van der Waals surface area contributed by atoms with Crippen molar-refractivity contribution >= 4 is 44.4 Å². The quantitative estimate of drug-likeness (QED) is 0.256. The molecule has 166 valence electrons. The highest BCUT2D eigenvalue weighted by Gasteiger charge is 2.20. The zero-order valence-corrected chi connectivity index (χ0v) is 20.7. The highest BCUT2D eigenvalue weighted by Crippen LogP contribution is 2.31. The molecule has 6 heteroatoms. The van der Waals surface area contributed by atoms with Crippen molar-refractivity contribution in [2.24, 2.45) is 0 Å². The molecule has 0 spiro atoms. The number of amides is 1. The van der Waals surface area contributed by atoms with E-state index in [4.69, 9.17) is 4.98 Å². The lowest BCUT2D eigenvalue weighted by Crippen LogP contribution is -2.38. The van der Waals surface area contributed by atoms with Crippen molar-refractivity contribution in [3.63, 3.8) is 0 Å². The number of anilines is 1. The molecular weight excluding hydrogens is 422 g/mol. The highest BCUT2D eigenvalue weighted by molar-refractivity contribution is 7.99. The smallest absolute Gasteiger partial charge is 0.228 e. The predicted octanol–water partition coefficient (Wildman–Crippen LogP) is 6.16. The summed E-state index contributed by atoms with van der Waals surface area (Å²) in [5.41, 5.74) is 3.49. The van der Waals surface area contributed by atoms with Gasteiger partial charge >= 0.3 is 0 Å². The van der Waals surface area contributed by atoms with E-state index in [1.54, 1.807) is 11.3 Å². The predicted molar refractivity (Wildman–Crippen MR) is 136 cm³/mol. The largest absolute Gasteiger partial charge is 0.302 e. The number of benzene rings is 2.